The zero-order chi connectivity index (χ0) is 21.7. The molecule has 2 aromatic carbocycles. The molecule has 0 spiro atoms. The molecule has 0 unspecified atom stereocenters. The third-order valence-electron chi connectivity index (χ3n) is 4.37. The number of aryl methyl sites for hydroxylation is 1. The molecule has 30 heavy (non-hydrogen) atoms. The highest BCUT2D eigenvalue weighted by Gasteiger charge is 2.18. The predicted octanol–water partition coefficient (Wildman–Crippen LogP) is 4.98. The highest BCUT2D eigenvalue weighted by Crippen LogP contribution is 2.32. The van der Waals surface area contributed by atoms with Crippen LogP contribution in [0.3, 0.4) is 0 Å². The van der Waals surface area contributed by atoms with Crippen LogP contribution >= 0.6 is 23.1 Å². The smallest absolute Gasteiger partial charge is 0.237 e. The largest absolute Gasteiger partial charge is 0.330 e. The number of nitrogens with zero attached hydrogens (tertiary/aromatic N) is 2. The van der Waals surface area contributed by atoms with E-state index in [0.717, 1.165) is 5.69 Å². The van der Waals surface area contributed by atoms with Gasteiger partial charge in [-0.25, -0.2) is 0 Å². The highest BCUT2D eigenvalue weighted by atomic mass is 32.2. The number of anilines is 4. The van der Waals surface area contributed by atoms with Crippen molar-refractivity contribution in [2.24, 2.45) is 0 Å². The summed E-state index contributed by atoms with van der Waals surface area (Å²) in [6.45, 7) is 7.40. The number of thioether (sulfide) groups is 1. The summed E-state index contributed by atoms with van der Waals surface area (Å²) in [7, 11) is 0. The van der Waals surface area contributed by atoms with Crippen molar-refractivity contribution < 1.29 is 9.59 Å². The summed E-state index contributed by atoms with van der Waals surface area (Å²) in [5.41, 5.74) is 4.71. The lowest BCUT2D eigenvalue weighted by molar-refractivity contribution is -0.115. The molecule has 0 aliphatic rings. The molecule has 1 aromatic heterocycles. The molecule has 0 aliphatic heterocycles. The number of amides is 2. The van der Waals surface area contributed by atoms with Gasteiger partial charge in [0.05, 0.1) is 5.25 Å². The summed E-state index contributed by atoms with van der Waals surface area (Å²) in [4.78, 5) is 23.6. The second-order valence-electron chi connectivity index (χ2n) is 6.75. The van der Waals surface area contributed by atoms with E-state index >= 15 is 0 Å². The van der Waals surface area contributed by atoms with E-state index in [1.165, 1.54) is 41.1 Å². The van der Waals surface area contributed by atoms with E-state index in [1.807, 2.05) is 19.1 Å². The van der Waals surface area contributed by atoms with Crippen LogP contribution in [0.4, 0.5) is 22.2 Å². The zero-order valence-corrected chi connectivity index (χ0v) is 18.8. The SMILES string of the molecule is CC(=O)Nc1ccc(NC(=O)[C@@H](C)Sc2nnc(Nc3cccc(C)c3C)s2)cc1. The number of benzene rings is 2. The molecule has 9 heteroatoms. The fourth-order valence-electron chi connectivity index (χ4n) is 2.60. The summed E-state index contributed by atoms with van der Waals surface area (Å²) >= 11 is 2.77. The maximum atomic E-state index is 12.5. The minimum atomic E-state index is -0.346. The van der Waals surface area contributed by atoms with Gasteiger partial charge < -0.3 is 16.0 Å². The summed E-state index contributed by atoms with van der Waals surface area (Å²) < 4.78 is 0.714. The normalized spacial score (nSPS) is 11.6. The first-order chi connectivity index (χ1) is 14.3. The van der Waals surface area contributed by atoms with Crippen LogP contribution in [0.5, 0.6) is 0 Å². The van der Waals surface area contributed by atoms with Gasteiger partial charge in [0.15, 0.2) is 4.34 Å². The van der Waals surface area contributed by atoms with Crippen LogP contribution < -0.4 is 16.0 Å². The number of hydrogen-bond acceptors (Lipinski definition) is 7. The minimum Gasteiger partial charge on any atom is -0.330 e. The molecule has 0 radical (unpaired) electrons. The fraction of sp³-hybridized carbons (Fsp3) is 0.238. The second-order valence-corrected chi connectivity index (χ2v) is 9.32. The van der Waals surface area contributed by atoms with E-state index in [2.05, 4.69) is 46.1 Å². The van der Waals surface area contributed by atoms with Crippen LogP contribution in [0.15, 0.2) is 46.8 Å². The zero-order valence-electron chi connectivity index (χ0n) is 17.1. The summed E-state index contributed by atoms with van der Waals surface area (Å²) in [5.74, 6) is -0.271. The number of carbonyl (C=O) groups excluding carboxylic acids is 2. The fourth-order valence-corrected chi connectivity index (χ4v) is 4.51. The average molecular weight is 442 g/mol. The van der Waals surface area contributed by atoms with Gasteiger partial charge in [0.2, 0.25) is 16.9 Å². The standard InChI is InChI=1S/C21H23N5O2S2/c1-12-6-5-7-18(13(12)2)24-20-25-26-21(30-20)29-14(3)19(28)23-17-10-8-16(9-11-17)22-15(4)27/h5-11,14H,1-4H3,(H,22,27)(H,23,28)(H,24,25)/t14-/m1/s1. The maximum Gasteiger partial charge on any atom is 0.237 e. The van der Waals surface area contributed by atoms with Gasteiger partial charge in [-0.2, -0.15) is 0 Å². The Hall–Kier alpha value is -2.91. The number of rotatable bonds is 7. The molecule has 7 nitrogen and oxygen atoms in total. The molecule has 0 aliphatic carbocycles. The number of carbonyl (C=O) groups is 2. The van der Waals surface area contributed by atoms with Crippen molar-refractivity contribution in [2.75, 3.05) is 16.0 Å². The molecule has 3 N–H and O–H groups in total. The predicted molar refractivity (Wildman–Crippen MR) is 124 cm³/mol. The Labute approximate surface area is 183 Å². The molecule has 3 rings (SSSR count). The van der Waals surface area contributed by atoms with Crippen LogP contribution in [0.25, 0.3) is 0 Å². The van der Waals surface area contributed by atoms with Crippen molar-refractivity contribution >= 4 is 57.1 Å². The summed E-state index contributed by atoms with van der Waals surface area (Å²) in [6.07, 6.45) is 0. The van der Waals surface area contributed by atoms with Gasteiger partial charge in [-0.05, 0) is 62.2 Å². The van der Waals surface area contributed by atoms with E-state index in [-0.39, 0.29) is 17.1 Å². The van der Waals surface area contributed by atoms with Crippen LogP contribution in [0, 0.1) is 13.8 Å². The third-order valence-corrected chi connectivity index (χ3v) is 6.40. The van der Waals surface area contributed by atoms with Crippen LogP contribution in [0.1, 0.15) is 25.0 Å². The Bertz CT molecular complexity index is 1050. The summed E-state index contributed by atoms with van der Waals surface area (Å²) in [6, 6.07) is 13.0. The first-order valence-electron chi connectivity index (χ1n) is 9.33. The number of nitrogens with one attached hydrogen (secondary N) is 3. The van der Waals surface area contributed by atoms with E-state index < -0.39 is 0 Å². The molecular weight excluding hydrogens is 418 g/mol. The van der Waals surface area contributed by atoms with Gasteiger partial charge in [0.1, 0.15) is 0 Å². The van der Waals surface area contributed by atoms with Gasteiger partial charge >= 0.3 is 0 Å². The van der Waals surface area contributed by atoms with E-state index in [9.17, 15) is 9.59 Å². The minimum absolute atomic E-state index is 0.133. The van der Waals surface area contributed by atoms with Crippen LogP contribution in [0.2, 0.25) is 0 Å². The molecule has 156 valence electrons. The van der Waals surface area contributed by atoms with Crippen molar-refractivity contribution in [3.8, 4) is 0 Å². The van der Waals surface area contributed by atoms with Crippen LogP contribution in [-0.4, -0.2) is 27.3 Å². The second kappa shape index (κ2) is 9.73. The van der Waals surface area contributed by atoms with Gasteiger partial charge in [-0.1, -0.05) is 35.2 Å². The summed E-state index contributed by atoms with van der Waals surface area (Å²) in [5, 5.41) is 17.6. The van der Waals surface area contributed by atoms with Crippen molar-refractivity contribution in [1.82, 2.24) is 10.2 Å². The van der Waals surface area contributed by atoms with E-state index in [4.69, 9.17) is 0 Å². The first kappa shape index (κ1) is 21.8. The van der Waals surface area contributed by atoms with Crippen molar-refractivity contribution in [2.45, 2.75) is 37.3 Å². The monoisotopic (exact) mass is 441 g/mol. The average Bonchev–Trinajstić information content (AvgIpc) is 3.13. The first-order valence-corrected chi connectivity index (χ1v) is 11.0. The van der Waals surface area contributed by atoms with Gasteiger partial charge in [0, 0.05) is 24.0 Å². The van der Waals surface area contributed by atoms with Gasteiger partial charge in [0.25, 0.3) is 0 Å². The molecule has 0 saturated carbocycles. The Kier molecular flexibility index (Phi) is 7.07. The maximum absolute atomic E-state index is 12.5. The molecule has 1 atom stereocenters. The van der Waals surface area contributed by atoms with Crippen molar-refractivity contribution in [1.29, 1.82) is 0 Å². The quantitative estimate of drug-likeness (QED) is 0.448. The Morgan fingerprint density at radius 1 is 1.00 bits per heavy atom. The van der Waals surface area contributed by atoms with Crippen LogP contribution in [-0.2, 0) is 9.59 Å². The van der Waals surface area contributed by atoms with Crippen molar-refractivity contribution in [3.63, 3.8) is 0 Å². The Balaban J connectivity index is 1.56. The number of aromatic nitrogens is 2. The molecular formula is C21H23N5O2S2. The van der Waals surface area contributed by atoms with Crippen molar-refractivity contribution in [3.05, 3.63) is 53.6 Å². The highest BCUT2D eigenvalue weighted by molar-refractivity contribution is 8.02. The molecule has 2 amide bonds. The lowest BCUT2D eigenvalue weighted by Gasteiger charge is -2.11. The van der Waals surface area contributed by atoms with Gasteiger partial charge in [-0.15, -0.1) is 10.2 Å². The molecule has 0 fully saturated rings. The van der Waals surface area contributed by atoms with Gasteiger partial charge in [-0.3, -0.25) is 9.59 Å². The lowest BCUT2D eigenvalue weighted by Crippen LogP contribution is -2.22. The third kappa shape index (κ3) is 5.80. The Morgan fingerprint density at radius 3 is 2.33 bits per heavy atom. The molecule has 0 saturated heterocycles. The van der Waals surface area contributed by atoms with E-state index in [1.54, 1.807) is 24.3 Å². The molecule has 0 bridgehead atoms. The molecule has 1 heterocycles. The topological polar surface area (TPSA) is 96.0 Å². The Morgan fingerprint density at radius 2 is 1.67 bits per heavy atom. The lowest BCUT2D eigenvalue weighted by atomic mass is 10.1. The van der Waals surface area contributed by atoms with E-state index in [0.29, 0.717) is 20.8 Å². The number of hydrogen-bond donors (Lipinski definition) is 3. The molecule has 3 aromatic rings.